The summed E-state index contributed by atoms with van der Waals surface area (Å²) in [5.41, 5.74) is 1.33. The molecule has 0 aromatic carbocycles. The lowest BCUT2D eigenvalue weighted by atomic mass is 9.89. The van der Waals surface area contributed by atoms with Gasteiger partial charge in [-0.15, -0.1) is 0 Å². The summed E-state index contributed by atoms with van der Waals surface area (Å²) in [6.07, 6.45) is 5.33. The van der Waals surface area contributed by atoms with Crippen LogP contribution in [0.2, 0.25) is 0 Å². The highest BCUT2D eigenvalue weighted by atomic mass is 15.5. The van der Waals surface area contributed by atoms with Gasteiger partial charge in [0.1, 0.15) is 0 Å². The molecule has 2 heteroatoms. The second-order valence-corrected chi connectivity index (χ2v) is 4.53. The molecule has 0 aromatic rings. The number of allylic oxidation sites excluding steroid dienone is 1. The predicted octanol–water partition coefficient (Wildman–Crippen LogP) is 3.26. The van der Waals surface area contributed by atoms with Crippen molar-refractivity contribution in [3.63, 3.8) is 0 Å². The van der Waals surface area contributed by atoms with E-state index in [4.69, 9.17) is 5.10 Å². The lowest BCUT2D eigenvalue weighted by Crippen LogP contribution is -2.36. The zero-order valence-electron chi connectivity index (χ0n) is 9.99. The molecule has 0 bridgehead atoms. The molecular formula is C12H22N2. The molecule has 0 fully saturated rings. The van der Waals surface area contributed by atoms with E-state index < -0.39 is 0 Å². The smallest absolute Gasteiger partial charge is 0.0497 e. The van der Waals surface area contributed by atoms with Gasteiger partial charge in [0.15, 0.2) is 0 Å². The monoisotopic (exact) mass is 194 g/mol. The molecule has 0 aliphatic carbocycles. The molecule has 0 amide bonds. The standard InChI is InChI=1S/C12H22N2/c1-6-7-14-11(5)8-10(4)12(13-14)9(2)3/h6-7,9-11H,8H2,1-5H3/b7-6-. The van der Waals surface area contributed by atoms with Crippen LogP contribution in [-0.4, -0.2) is 16.8 Å². The summed E-state index contributed by atoms with van der Waals surface area (Å²) in [6, 6.07) is 0.531. The van der Waals surface area contributed by atoms with E-state index in [1.807, 2.05) is 13.0 Å². The van der Waals surface area contributed by atoms with Crippen LogP contribution in [0.3, 0.4) is 0 Å². The maximum Gasteiger partial charge on any atom is 0.0497 e. The van der Waals surface area contributed by atoms with E-state index in [0.29, 0.717) is 17.9 Å². The number of nitrogens with zero attached hydrogens (tertiary/aromatic N) is 2. The molecule has 1 aliphatic heterocycles. The minimum Gasteiger partial charge on any atom is -0.270 e. The van der Waals surface area contributed by atoms with Crippen molar-refractivity contribution in [1.29, 1.82) is 0 Å². The average molecular weight is 194 g/mol. The highest BCUT2D eigenvalue weighted by Crippen LogP contribution is 2.24. The van der Waals surface area contributed by atoms with Crippen LogP contribution in [0.4, 0.5) is 0 Å². The van der Waals surface area contributed by atoms with Crippen LogP contribution < -0.4 is 0 Å². The van der Waals surface area contributed by atoms with Gasteiger partial charge in [-0.2, -0.15) is 5.10 Å². The molecule has 1 rings (SSSR count). The van der Waals surface area contributed by atoms with Crippen LogP contribution in [0.1, 0.15) is 41.0 Å². The Morgan fingerprint density at radius 2 is 2.07 bits per heavy atom. The largest absolute Gasteiger partial charge is 0.270 e. The molecule has 0 N–H and O–H groups in total. The normalized spacial score (nSPS) is 28.7. The van der Waals surface area contributed by atoms with Gasteiger partial charge < -0.3 is 0 Å². The van der Waals surface area contributed by atoms with Gasteiger partial charge in [0.2, 0.25) is 0 Å². The second-order valence-electron chi connectivity index (χ2n) is 4.53. The highest BCUT2D eigenvalue weighted by molar-refractivity contribution is 5.88. The fourth-order valence-electron chi connectivity index (χ4n) is 2.09. The van der Waals surface area contributed by atoms with Crippen molar-refractivity contribution in [1.82, 2.24) is 5.01 Å². The van der Waals surface area contributed by atoms with Crippen LogP contribution in [0.15, 0.2) is 17.4 Å². The third kappa shape index (κ3) is 2.37. The van der Waals surface area contributed by atoms with E-state index in [2.05, 4.69) is 38.9 Å². The summed E-state index contributed by atoms with van der Waals surface area (Å²) in [5.74, 6) is 1.19. The zero-order chi connectivity index (χ0) is 10.7. The minimum atomic E-state index is 0.531. The van der Waals surface area contributed by atoms with Gasteiger partial charge in [-0.05, 0) is 32.1 Å². The third-order valence-electron chi connectivity index (χ3n) is 2.78. The van der Waals surface area contributed by atoms with Crippen molar-refractivity contribution in [2.45, 2.75) is 47.1 Å². The van der Waals surface area contributed by atoms with Gasteiger partial charge in [-0.1, -0.05) is 26.8 Å². The van der Waals surface area contributed by atoms with Crippen LogP contribution in [-0.2, 0) is 0 Å². The van der Waals surface area contributed by atoms with E-state index >= 15 is 0 Å². The Labute approximate surface area is 87.7 Å². The molecule has 0 saturated carbocycles. The first-order valence-corrected chi connectivity index (χ1v) is 5.55. The van der Waals surface area contributed by atoms with Crippen molar-refractivity contribution >= 4 is 5.71 Å². The molecular weight excluding hydrogens is 172 g/mol. The molecule has 2 nitrogen and oxygen atoms in total. The fourth-order valence-corrected chi connectivity index (χ4v) is 2.09. The molecule has 0 radical (unpaired) electrons. The lowest BCUT2D eigenvalue weighted by Gasteiger charge is -2.34. The Bertz CT molecular complexity index is 241. The molecule has 2 unspecified atom stereocenters. The predicted molar refractivity (Wildman–Crippen MR) is 62.2 cm³/mol. The summed E-state index contributed by atoms with van der Waals surface area (Å²) in [5, 5.41) is 6.79. The molecule has 1 heterocycles. The fraction of sp³-hybridized carbons (Fsp3) is 0.750. The Balaban J connectivity index is 2.87. The summed E-state index contributed by atoms with van der Waals surface area (Å²) < 4.78 is 0. The van der Waals surface area contributed by atoms with Crippen LogP contribution in [0.5, 0.6) is 0 Å². The molecule has 80 valence electrons. The lowest BCUT2D eigenvalue weighted by molar-refractivity contribution is 0.252. The zero-order valence-corrected chi connectivity index (χ0v) is 9.99. The first-order valence-electron chi connectivity index (χ1n) is 5.55. The van der Waals surface area contributed by atoms with E-state index in [1.165, 1.54) is 12.1 Å². The van der Waals surface area contributed by atoms with Crippen LogP contribution in [0, 0.1) is 11.8 Å². The number of hydrogen-bond acceptors (Lipinski definition) is 2. The summed E-state index contributed by atoms with van der Waals surface area (Å²) >= 11 is 0. The highest BCUT2D eigenvalue weighted by Gasteiger charge is 2.25. The number of rotatable bonds is 2. The van der Waals surface area contributed by atoms with Gasteiger partial charge in [-0.3, -0.25) is 5.01 Å². The number of hydrazone groups is 1. The quantitative estimate of drug-likeness (QED) is 0.658. The Kier molecular flexibility index (Phi) is 3.73. The maximum absolute atomic E-state index is 4.70. The summed E-state index contributed by atoms with van der Waals surface area (Å²) in [4.78, 5) is 0. The van der Waals surface area contributed by atoms with Gasteiger partial charge in [0.05, 0.1) is 0 Å². The van der Waals surface area contributed by atoms with Gasteiger partial charge >= 0.3 is 0 Å². The summed E-state index contributed by atoms with van der Waals surface area (Å²) in [7, 11) is 0. The first-order chi connectivity index (χ1) is 6.56. The van der Waals surface area contributed by atoms with Crippen molar-refractivity contribution in [3.8, 4) is 0 Å². The molecule has 0 spiro atoms. The SMILES string of the molecule is C/C=C\N1N=C(C(C)C)C(C)CC1C. The Hall–Kier alpha value is -0.790. The number of hydrogen-bond donors (Lipinski definition) is 0. The van der Waals surface area contributed by atoms with E-state index in [1.54, 1.807) is 0 Å². The van der Waals surface area contributed by atoms with Gasteiger partial charge in [0.25, 0.3) is 0 Å². The van der Waals surface area contributed by atoms with Crippen molar-refractivity contribution in [3.05, 3.63) is 12.3 Å². The first kappa shape index (κ1) is 11.3. The molecule has 1 aliphatic rings. The van der Waals surface area contributed by atoms with Crippen LogP contribution >= 0.6 is 0 Å². The summed E-state index contributed by atoms with van der Waals surface area (Å²) in [6.45, 7) is 11.0. The maximum atomic E-state index is 4.70. The van der Waals surface area contributed by atoms with E-state index in [-0.39, 0.29) is 0 Å². The minimum absolute atomic E-state index is 0.531. The topological polar surface area (TPSA) is 15.6 Å². The average Bonchev–Trinajstić information content (AvgIpc) is 2.09. The molecule has 14 heavy (non-hydrogen) atoms. The third-order valence-corrected chi connectivity index (χ3v) is 2.78. The Morgan fingerprint density at radius 1 is 1.43 bits per heavy atom. The van der Waals surface area contributed by atoms with Crippen molar-refractivity contribution in [2.24, 2.45) is 16.9 Å². The van der Waals surface area contributed by atoms with Crippen molar-refractivity contribution < 1.29 is 0 Å². The van der Waals surface area contributed by atoms with E-state index in [0.717, 1.165) is 0 Å². The molecule has 2 atom stereocenters. The van der Waals surface area contributed by atoms with Gasteiger partial charge in [0, 0.05) is 18.0 Å². The Morgan fingerprint density at radius 3 is 2.57 bits per heavy atom. The second kappa shape index (κ2) is 4.63. The molecule has 0 aromatic heterocycles. The van der Waals surface area contributed by atoms with Crippen molar-refractivity contribution in [2.75, 3.05) is 0 Å². The van der Waals surface area contributed by atoms with Crippen LogP contribution in [0.25, 0.3) is 0 Å². The molecule has 0 saturated heterocycles. The van der Waals surface area contributed by atoms with E-state index in [9.17, 15) is 0 Å². The van der Waals surface area contributed by atoms with Gasteiger partial charge in [-0.25, -0.2) is 0 Å².